The van der Waals surface area contributed by atoms with Crippen molar-refractivity contribution >= 4 is 50.5 Å². The lowest BCUT2D eigenvalue weighted by molar-refractivity contribution is 0.513. The Kier molecular flexibility index (Phi) is 5.76. The monoisotopic (exact) mass is 527 g/mol. The first-order chi connectivity index (χ1) is 16.7. The highest BCUT2D eigenvalue weighted by atomic mass is 35.5. The minimum Gasteiger partial charge on any atom is -0.368 e. The lowest BCUT2D eigenvalue weighted by Gasteiger charge is -2.13. The molecule has 3 aromatic heterocycles. The zero-order valence-electron chi connectivity index (χ0n) is 18.6. The van der Waals surface area contributed by atoms with Crippen LogP contribution in [0, 0.1) is 0 Å². The standard InChI is InChI=1S/C23H19Cl2N7O2S/c1-31(2)35(33,34)32-22-17(28-23(32)26)12-11-16(27-22)20-19(13-7-4-3-5-8-13)29-21(30-20)18-14(24)9-6-10-15(18)25/h3-12H,1-2H3,(H2,26,28)(H,29,30). The van der Waals surface area contributed by atoms with Gasteiger partial charge in [-0.3, -0.25) is 0 Å². The SMILES string of the molecule is CN(C)S(=O)(=O)n1c(N)nc2ccc(-c3[nH]c(-c4c(Cl)cccc4Cl)nc3-c3ccccc3)nc21. The zero-order chi connectivity index (χ0) is 24.9. The Balaban J connectivity index is 1.78. The van der Waals surface area contributed by atoms with Crippen molar-refractivity contribution in [2.24, 2.45) is 0 Å². The van der Waals surface area contributed by atoms with Gasteiger partial charge in [-0.05, 0) is 24.3 Å². The van der Waals surface area contributed by atoms with Crippen LogP contribution in [-0.2, 0) is 10.2 Å². The molecule has 3 heterocycles. The van der Waals surface area contributed by atoms with Crippen molar-refractivity contribution in [1.29, 1.82) is 0 Å². The van der Waals surface area contributed by atoms with Crippen molar-refractivity contribution in [2.45, 2.75) is 0 Å². The van der Waals surface area contributed by atoms with Gasteiger partial charge in [0.25, 0.3) is 0 Å². The normalized spacial score (nSPS) is 12.0. The van der Waals surface area contributed by atoms with Gasteiger partial charge in [0.05, 0.1) is 32.7 Å². The van der Waals surface area contributed by atoms with E-state index in [1.807, 2.05) is 30.3 Å². The largest absolute Gasteiger partial charge is 0.368 e. The van der Waals surface area contributed by atoms with Crippen LogP contribution in [0.3, 0.4) is 0 Å². The highest BCUT2D eigenvalue weighted by Crippen LogP contribution is 2.38. The number of H-pyrrole nitrogens is 1. The number of nitrogens with two attached hydrogens (primary N) is 1. The average molecular weight is 528 g/mol. The molecule has 0 fully saturated rings. The Hall–Kier alpha value is -3.44. The summed E-state index contributed by atoms with van der Waals surface area (Å²) in [6, 6.07) is 18.1. The van der Waals surface area contributed by atoms with Gasteiger partial charge in [0.15, 0.2) is 5.65 Å². The summed E-state index contributed by atoms with van der Waals surface area (Å²) in [7, 11) is -1.14. The summed E-state index contributed by atoms with van der Waals surface area (Å²) in [5.74, 6) is 0.264. The number of nitrogens with zero attached hydrogens (tertiary/aromatic N) is 5. The summed E-state index contributed by atoms with van der Waals surface area (Å²) in [6.45, 7) is 0. The van der Waals surface area contributed by atoms with Crippen LogP contribution in [0.15, 0.2) is 60.7 Å². The fourth-order valence-electron chi connectivity index (χ4n) is 3.69. The maximum Gasteiger partial charge on any atom is 0.311 e. The number of fused-ring (bicyclic) bond motifs is 1. The van der Waals surface area contributed by atoms with Gasteiger partial charge < -0.3 is 10.7 Å². The Bertz CT molecular complexity index is 1660. The van der Waals surface area contributed by atoms with Crippen molar-refractivity contribution in [3.63, 3.8) is 0 Å². The Labute approximate surface area is 211 Å². The van der Waals surface area contributed by atoms with Crippen LogP contribution in [0.4, 0.5) is 5.95 Å². The molecule has 0 radical (unpaired) electrons. The summed E-state index contributed by atoms with van der Waals surface area (Å²) in [5.41, 5.74) is 9.35. The number of pyridine rings is 1. The molecule has 5 rings (SSSR count). The van der Waals surface area contributed by atoms with E-state index in [9.17, 15) is 8.42 Å². The fraction of sp³-hybridized carbons (Fsp3) is 0.0870. The molecular weight excluding hydrogens is 509 g/mol. The van der Waals surface area contributed by atoms with E-state index >= 15 is 0 Å². The van der Waals surface area contributed by atoms with Gasteiger partial charge in [-0.1, -0.05) is 59.6 Å². The first kappa shape index (κ1) is 23.3. The number of hydrogen-bond acceptors (Lipinski definition) is 6. The molecule has 5 aromatic rings. The van der Waals surface area contributed by atoms with Crippen LogP contribution >= 0.6 is 23.2 Å². The van der Waals surface area contributed by atoms with Crippen LogP contribution < -0.4 is 5.73 Å². The molecule has 35 heavy (non-hydrogen) atoms. The second-order valence-corrected chi connectivity index (χ2v) is 10.6. The number of hydrogen-bond donors (Lipinski definition) is 2. The summed E-state index contributed by atoms with van der Waals surface area (Å²) < 4.78 is 27.8. The maximum absolute atomic E-state index is 12.9. The third-order valence-corrected chi connectivity index (χ3v) is 7.76. The van der Waals surface area contributed by atoms with Crippen LogP contribution in [0.2, 0.25) is 10.0 Å². The van der Waals surface area contributed by atoms with Crippen molar-refractivity contribution < 1.29 is 8.42 Å². The molecule has 0 aliphatic carbocycles. The number of aromatic nitrogens is 5. The number of imidazole rings is 2. The molecule has 0 spiro atoms. The van der Waals surface area contributed by atoms with Gasteiger partial charge >= 0.3 is 10.2 Å². The van der Waals surface area contributed by atoms with Crippen molar-refractivity contribution in [3.05, 3.63) is 70.7 Å². The maximum atomic E-state index is 12.9. The van der Waals surface area contributed by atoms with E-state index in [0.29, 0.717) is 44.0 Å². The summed E-state index contributed by atoms with van der Waals surface area (Å²) in [6.07, 6.45) is 0. The molecular formula is C23H19Cl2N7O2S. The number of halogens is 2. The van der Waals surface area contributed by atoms with E-state index < -0.39 is 10.2 Å². The van der Waals surface area contributed by atoms with Crippen molar-refractivity contribution in [2.75, 3.05) is 19.8 Å². The third kappa shape index (κ3) is 3.94. The molecule has 178 valence electrons. The first-order valence-electron chi connectivity index (χ1n) is 10.4. The lowest BCUT2D eigenvalue weighted by atomic mass is 10.1. The molecule has 0 amide bonds. The third-order valence-electron chi connectivity index (χ3n) is 5.39. The zero-order valence-corrected chi connectivity index (χ0v) is 20.9. The van der Waals surface area contributed by atoms with Crippen molar-refractivity contribution in [1.82, 2.24) is 28.2 Å². The van der Waals surface area contributed by atoms with E-state index in [2.05, 4.69) is 15.0 Å². The lowest BCUT2D eigenvalue weighted by Crippen LogP contribution is -2.29. The molecule has 0 unspecified atom stereocenters. The molecule has 0 bridgehead atoms. The summed E-state index contributed by atoms with van der Waals surface area (Å²) in [4.78, 5) is 16.9. The van der Waals surface area contributed by atoms with E-state index in [1.165, 1.54) is 14.1 Å². The molecule has 2 aromatic carbocycles. The Morgan fingerprint density at radius 2 is 1.60 bits per heavy atom. The number of rotatable bonds is 5. The minimum absolute atomic E-state index is 0.0969. The quantitative estimate of drug-likeness (QED) is 0.341. The second kappa shape index (κ2) is 8.65. The second-order valence-electron chi connectivity index (χ2n) is 7.84. The van der Waals surface area contributed by atoms with Crippen LogP contribution in [0.1, 0.15) is 0 Å². The van der Waals surface area contributed by atoms with Gasteiger partial charge in [-0.15, -0.1) is 0 Å². The molecule has 9 nitrogen and oxygen atoms in total. The summed E-state index contributed by atoms with van der Waals surface area (Å²) >= 11 is 12.9. The average Bonchev–Trinajstić information content (AvgIpc) is 3.40. The smallest absolute Gasteiger partial charge is 0.311 e. The number of aromatic amines is 1. The van der Waals surface area contributed by atoms with Gasteiger partial charge in [-0.25, -0.2) is 15.0 Å². The van der Waals surface area contributed by atoms with Gasteiger partial charge in [0.2, 0.25) is 5.95 Å². The van der Waals surface area contributed by atoms with E-state index in [-0.39, 0.29) is 11.6 Å². The van der Waals surface area contributed by atoms with Crippen molar-refractivity contribution in [3.8, 4) is 34.0 Å². The molecule has 0 saturated heterocycles. The predicted octanol–water partition coefficient (Wildman–Crippen LogP) is 4.70. The van der Waals surface area contributed by atoms with Crippen LogP contribution in [0.5, 0.6) is 0 Å². The summed E-state index contributed by atoms with van der Waals surface area (Å²) in [5, 5.41) is 0.868. The number of nitrogen functional groups attached to an aromatic ring is 1. The molecule has 0 aliphatic heterocycles. The van der Waals surface area contributed by atoms with Crippen LogP contribution in [0.25, 0.3) is 45.2 Å². The number of benzene rings is 2. The Morgan fingerprint density at radius 1 is 0.914 bits per heavy atom. The van der Waals surface area contributed by atoms with E-state index in [1.54, 1.807) is 30.3 Å². The van der Waals surface area contributed by atoms with Gasteiger partial charge in [-0.2, -0.15) is 16.7 Å². The van der Waals surface area contributed by atoms with E-state index in [0.717, 1.165) is 13.8 Å². The first-order valence-corrected chi connectivity index (χ1v) is 12.5. The topological polar surface area (TPSA) is 123 Å². The number of anilines is 1. The molecule has 12 heteroatoms. The molecule has 0 saturated carbocycles. The van der Waals surface area contributed by atoms with Gasteiger partial charge in [0, 0.05) is 19.7 Å². The molecule has 3 N–H and O–H groups in total. The molecule has 0 atom stereocenters. The fourth-order valence-corrected chi connectivity index (χ4v) is 5.22. The Morgan fingerprint density at radius 3 is 2.26 bits per heavy atom. The minimum atomic E-state index is -3.96. The highest BCUT2D eigenvalue weighted by Gasteiger charge is 2.26. The van der Waals surface area contributed by atoms with Crippen LogP contribution in [-0.4, -0.2) is 50.7 Å². The molecule has 0 aliphatic rings. The highest BCUT2D eigenvalue weighted by molar-refractivity contribution is 7.87. The van der Waals surface area contributed by atoms with Gasteiger partial charge in [0.1, 0.15) is 11.3 Å². The van der Waals surface area contributed by atoms with E-state index in [4.69, 9.17) is 33.9 Å². The predicted molar refractivity (Wildman–Crippen MR) is 138 cm³/mol. The number of nitrogens with one attached hydrogen (secondary N) is 1.